The van der Waals surface area contributed by atoms with E-state index >= 15 is 0 Å². The Hall–Kier alpha value is -1.06. The van der Waals surface area contributed by atoms with E-state index < -0.39 is 0 Å². The summed E-state index contributed by atoms with van der Waals surface area (Å²) in [7, 11) is 1.69. The quantitative estimate of drug-likeness (QED) is 0.179. The van der Waals surface area contributed by atoms with Gasteiger partial charge in [-0.2, -0.15) is 0 Å². The Morgan fingerprint density at radius 2 is 2.00 bits per heavy atom. The molecule has 1 aliphatic heterocycles. The van der Waals surface area contributed by atoms with Crippen molar-refractivity contribution in [3.05, 3.63) is 29.8 Å². The zero-order chi connectivity index (χ0) is 21.6. The highest BCUT2D eigenvalue weighted by Gasteiger charge is 2.20. The number of aliphatic imine (C=N–C) groups is 1. The minimum atomic E-state index is 0. The molecule has 0 saturated carbocycles. The maximum absolute atomic E-state index is 5.45. The molecule has 1 aliphatic rings. The van der Waals surface area contributed by atoms with Crippen LogP contribution in [0.3, 0.4) is 0 Å². The second-order valence-corrected chi connectivity index (χ2v) is 8.53. The highest BCUT2D eigenvalue weighted by atomic mass is 127. The fraction of sp³-hybridized carbons (Fsp3) is 0.708. The van der Waals surface area contributed by atoms with E-state index in [9.17, 15) is 0 Å². The maximum Gasteiger partial charge on any atom is 0.191 e. The van der Waals surface area contributed by atoms with Crippen LogP contribution >= 0.6 is 24.0 Å². The molecule has 1 fully saturated rings. The molecular weight excluding hydrogens is 503 g/mol. The van der Waals surface area contributed by atoms with Crippen LogP contribution < -0.4 is 15.4 Å². The van der Waals surface area contributed by atoms with Crippen molar-refractivity contribution in [3.8, 4) is 5.75 Å². The zero-order valence-corrected chi connectivity index (χ0v) is 22.2. The first-order valence-electron chi connectivity index (χ1n) is 11.6. The van der Waals surface area contributed by atoms with Gasteiger partial charge < -0.3 is 25.0 Å². The topological polar surface area (TPSA) is 58.1 Å². The number of hydrogen-bond donors (Lipinski definition) is 2. The Morgan fingerprint density at radius 3 is 2.68 bits per heavy atom. The molecule has 1 unspecified atom stereocenters. The Kier molecular flexibility index (Phi) is 14.9. The summed E-state index contributed by atoms with van der Waals surface area (Å²) in [5, 5.41) is 7.07. The molecule has 0 aromatic heterocycles. The number of nitrogens with one attached hydrogen (secondary N) is 2. The molecule has 2 N–H and O–H groups in total. The first-order valence-corrected chi connectivity index (χ1v) is 11.6. The average Bonchev–Trinajstić information content (AvgIpc) is 2.75. The molecule has 0 bridgehead atoms. The third kappa shape index (κ3) is 11.9. The number of likely N-dealkylation sites (tertiary alicyclic amines) is 1. The number of nitrogens with zero attached hydrogens (tertiary/aromatic N) is 2. The number of halogens is 1. The third-order valence-electron chi connectivity index (χ3n) is 5.33. The summed E-state index contributed by atoms with van der Waals surface area (Å²) in [5.41, 5.74) is 1.17. The molecule has 178 valence electrons. The van der Waals surface area contributed by atoms with Gasteiger partial charge in [0.1, 0.15) is 5.75 Å². The number of benzene rings is 1. The monoisotopic (exact) mass is 546 g/mol. The van der Waals surface area contributed by atoms with Crippen LogP contribution in [0.2, 0.25) is 0 Å². The fourth-order valence-corrected chi connectivity index (χ4v) is 3.84. The number of rotatable bonds is 12. The van der Waals surface area contributed by atoms with Crippen molar-refractivity contribution in [2.75, 3.05) is 53.0 Å². The van der Waals surface area contributed by atoms with Crippen molar-refractivity contribution in [1.29, 1.82) is 0 Å². The van der Waals surface area contributed by atoms with E-state index in [0.717, 1.165) is 50.4 Å². The minimum Gasteiger partial charge on any atom is -0.497 e. The molecular formula is C24H43IN4O2. The van der Waals surface area contributed by atoms with Crippen LogP contribution in [0.25, 0.3) is 0 Å². The molecule has 7 heteroatoms. The summed E-state index contributed by atoms with van der Waals surface area (Å²) >= 11 is 0. The van der Waals surface area contributed by atoms with Crippen LogP contribution in [0, 0.1) is 11.8 Å². The van der Waals surface area contributed by atoms with Gasteiger partial charge in [0.15, 0.2) is 5.96 Å². The van der Waals surface area contributed by atoms with Crippen LogP contribution in [0.15, 0.2) is 29.3 Å². The summed E-state index contributed by atoms with van der Waals surface area (Å²) in [4.78, 5) is 7.43. The SMILES string of the molecule is CCOCCCNC(=NCc1ccc(OC)cc1)NCC1CCCN(CC(C)C)C1.I. The lowest BCUT2D eigenvalue weighted by molar-refractivity contribution is 0.145. The molecule has 1 aromatic carbocycles. The second-order valence-electron chi connectivity index (χ2n) is 8.53. The van der Waals surface area contributed by atoms with Crippen molar-refractivity contribution in [1.82, 2.24) is 15.5 Å². The minimum absolute atomic E-state index is 0. The standard InChI is InChI=1S/C24H42N4O2.HI/c1-5-30-15-7-13-25-24(26-16-21-9-11-23(29-4)12-10-21)27-17-22-8-6-14-28(19-22)18-20(2)3;/h9-12,20,22H,5-8,13-19H2,1-4H3,(H2,25,26,27);1H. The van der Waals surface area contributed by atoms with Gasteiger partial charge in [0.2, 0.25) is 0 Å². The van der Waals surface area contributed by atoms with E-state index in [2.05, 4.69) is 41.5 Å². The normalized spacial score (nSPS) is 17.3. The molecule has 6 nitrogen and oxygen atoms in total. The van der Waals surface area contributed by atoms with E-state index in [4.69, 9.17) is 14.5 Å². The van der Waals surface area contributed by atoms with E-state index in [0.29, 0.717) is 12.5 Å². The summed E-state index contributed by atoms with van der Waals surface area (Å²) in [6.45, 7) is 14.3. The van der Waals surface area contributed by atoms with Crippen LogP contribution in [0.5, 0.6) is 5.75 Å². The first kappa shape index (κ1) is 28.0. The van der Waals surface area contributed by atoms with Gasteiger partial charge in [-0.05, 0) is 62.3 Å². The van der Waals surface area contributed by atoms with Gasteiger partial charge in [-0.25, -0.2) is 4.99 Å². The molecule has 31 heavy (non-hydrogen) atoms. The van der Waals surface area contributed by atoms with Crippen molar-refractivity contribution < 1.29 is 9.47 Å². The van der Waals surface area contributed by atoms with Crippen LogP contribution in [0.1, 0.15) is 45.6 Å². The summed E-state index contributed by atoms with van der Waals surface area (Å²) < 4.78 is 10.7. The Bertz CT molecular complexity index is 610. The fourth-order valence-electron chi connectivity index (χ4n) is 3.84. The molecule has 1 heterocycles. The molecule has 1 saturated heterocycles. The molecule has 1 atom stereocenters. The third-order valence-corrected chi connectivity index (χ3v) is 5.33. The Balaban J connectivity index is 0.00000480. The second kappa shape index (κ2) is 16.6. The summed E-state index contributed by atoms with van der Waals surface area (Å²) in [6.07, 6.45) is 3.56. The van der Waals surface area contributed by atoms with Crippen molar-refractivity contribution in [2.24, 2.45) is 16.8 Å². The van der Waals surface area contributed by atoms with Crippen LogP contribution in [-0.4, -0.2) is 63.9 Å². The van der Waals surface area contributed by atoms with Gasteiger partial charge in [-0.3, -0.25) is 0 Å². The average molecular weight is 547 g/mol. The number of methoxy groups -OCH3 is 1. The molecule has 0 radical (unpaired) electrons. The highest BCUT2D eigenvalue weighted by molar-refractivity contribution is 14.0. The number of ether oxygens (including phenoxy) is 2. The molecule has 1 aromatic rings. The van der Waals surface area contributed by atoms with E-state index in [1.165, 1.54) is 38.0 Å². The van der Waals surface area contributed by atoms with Gasteiger partial charge in [0.05, 0.1) is 13.7 Å². The van der Waals surface area contributed by atoms with Crippen LogP contribution in [0.4, 0.5) is 0 Å². The lowest BCUT2D eigenvalue weighted by Crippen LogP contribution is -2.45. The summed E-state index contributed by atoms with van der Waals surface area (Å²) in [6, 6.07) is 8.11. The predicted molar refractivity (Wildman–Crippen MR) is 141 cm³/mol. The van der Waals surface area contributed by atoms with Gasteiger partial charge in [0.25, 0.3) is 0 Å². The molecule has 0 amide bonds. The van der Waals surface area contributed by atoms with Crippen molar-refractivity contribution >= 4 is 29.9 Å². The van der Waals surface area contributed by atoms with E-state index in [-0.39, 0.29) is 24.0 Å². The number of piperidine rings is 1. The Morgan fingerprint density at radius 1 is 1.23 bits per heavy atom. The Labute approximate surface area is 206 Å². The van der Waals surface area contributed by atoms with Crippen molar-refractivity contribution in [3.63, 3.8) is 0 Å². The van der Waals surface area contributed by atoms with E-state index in [1.807, 2.05) is 19.1 Å². The molecule has 0 aliphatic carbocycles. The predicted octanol–water partition coefficient (Wildman–Crippen LogP) is 4.14. The number of guanidine groups is 1. The van der Waals surface area contributed by atoms with Gasteiger partial charge in [-0.15, -0.1) is 24.0 Å². The van der Waals surface area contributed by atoms with Gasteiger partial charge >= 0.3 is 0 Å². The lowest BCUT2D eigenvalue weighted by atomic mass is 9.97. The van der Waals surface area contributed by atoms with Gasteiger partial charge in [0, 0.05) is 39.4 Å². The smallest absolute Gasteiger partial charge is 0.191 e. The molecule has 0 spiro atoms. The van der Waals surface area contributed by atoms with Gasteiger partial charge in [-0.1, -0.05) is 26.0 Å². The van der Waals surface area contributed by atoms with Crippen LogP contribution in [-0.2, 0) is 11.3 Å². The largest absolute Gasteiger partial charge is 0.497 e. The highest BCUT2D eigenvalue weighted by Crippen LogP contribution is 2.17. The van der Waals surface area contributed by atoms with E-state index in [1.54, 1.807) is 7.11 Å². The summed E-state index contributed by atoms with van der Waals surface area (Å²) in [5.74, 6) is 3.17. The first-order chi connectivity index (χ1) is 14.6. The zero-order valence-electron chi connectivity index (χ0n) is 19.9. The molecule has 2 rings (SSSR count). The maximum atomic E-state index is 5.45. The van der Waals surface area contributed by atoms with Crippen molar-refractivity contribution in [2.45, 2.75) is 46.6 Å². The number of hydrogen-bond acceptors (Lipinski definition) is 4. The lowest BCUT2D eigenvalue weighted by Gasteiger charge is -2.34.